The Kier molecular flexibility index (Phi) is 4.64. The number of amides is 2. The molecule has 2 saturated heterocycles. The number of hydrogen-bond donors (Lipinski definition) is 1. The van der Waals surface area contributed by atoms with Crippen molar-refractivity contribution in [2.24, 2.45) is 5.92 Å². The van der Waals surface area contributed by atoms with Gasteiger partial charge in [0.25, 0.3) is 0 Å². The second kappa shape index (κ2) is 6.67. The maximum absolute atomic E-state index is 12.6. The number of rotatable bonds is 2. The average molecular weight is 322 g/mol. The zero-order valence-corrected chi connectivity index (χ0v) is 13.2. The normalized spacial score (nSPS) is 22.8. The van der Waals surface area contributed by atoms with Crippen molar-refractivity contribution < 1.29 is 9.59 Å². The molecule has 2 amide bonds. The molecular weight excluding hydrogens is 302 g/mol. The topological polar surface area (TPSA) is 52.7 Å². The second-order valence-corrected chi connectivity index (χ2v) is 6.19. The van der Waals surface area contributed by atoms with Crippen LogP contribution >= 0.6 is 11.6 Å². The van der Waals surface area contributed by atoms with Crippen LogP contribution in [0.1, 0.15) is 12.8 Å². The molecular formula is C16H20ClN3O2. The fourth-order valence-corrected chi connectivity index (χ4v) is 3.34. The number of hydrogen-bond acceptors (Lipinski definition) is 3. The van der Waals surface area contributed by atoms with Crippen molar-refractivity contribution in [3.8, 4) is 0 Å². The molecule has 2 aliphatic heterocycles. The van der Waals surface area contributed by atoms with E-state index in [0.717, 1.165) is 32.6 Å². The molecule has 118 valence electrons. The van der Waals surface area contributed by atoms with Crippen LogP contribution in [0.15, 0.2) is 24.3 Å². The van der Waals surface area contributed by atoms with Gasteiger partial charge in [-0.1, -0.05) is 23.7 Å². The molecule has 0 saturated carbocycles. The van der Waals surface area contributed by atoms with Crippen molar-refractivity contribution in [3.63, 3.8) is 0 Å². The second-order valence-electron chi connectivity index (χ2n) is 5.79. The van der Waals surface area contributed by atoms with Gasteiger partial charge in [0, 0.05) is 32.6 Å². The Hall–Kier alpha value is -1.59. The van der Waals surface area contributed by atoms with Crippen molar-refractivity contribution in [2.45, 2.75) is 12.8 Å². The third kappa shape index (κ3) is 3.10. The van der Waals surface area contributed by atoms with Gasteiger partial charge in [-0.05, 0) is 25.1 Å². The molecule has 0 radical (unpaired) electrons. The number of carbonyl (C=O) groups excluding carboxylic acids is 2. The maximum Gasteiger partial charge on any atom is 0.228 e. The van der Waals surface area contributed by atoms with Crippen molar-refractivity contribution in [1.82, 2.24) is 10.2 Å². The van der Waals surface area contributed by atoms with Gasteiger partial charge in [-0.25, -0.2) is 0 Å². The Morgan fingerprint density at radius 1 is 1.23 bits per heavy atom. The zero-order valence-electron chi connectivity index (χ0n) is 12.4. The maximum atomic E-state index is 12.6. The first-order valence-electron chi connectivity index (χ1n) is 7.71. The summed E-state index contributed by atoms with van der Waals surface area (Å²) in [6, 6.07) is 7.27. The number of halogens is 1. The minimum atomic E-state index is -0.262. The van der Waals surface area contributed by atoms with Crippen LogP contribution in [0.25, 0.3) is 0 Å². The summed E-state index contributed by atoms with van der Waals surface area (Å²) in [5.41, 5.74) is 0.696. The summed E-state index contributed by atoms with van der Waals surface area (Å²) >= 11 is 6.17. The summed E-state index contributed by atoms with van der Waals surface area (Å²) in [7, 11) is 0. The lowest BCUT2D eigenvalue weighted by molar-refractivity contribution is -0.135. The molecule has 2 heterocycles. The Bertz CT molecular complexity index is 570. The lowest BCUT2D eigenvalue weighted by Gasteiger charge is -2.23. The highest BCUT2D eigenvalue weighted by Crippen LogP contribution is 2.31. The number of nitrogens with one attached hydrogen (secondary N) is 1. The number of anilines is 1. The quantitative estimate of drug-likeness (QED) is 0.898. The van der Waals surface area contributed by atoms with Gasteiger partial charge in [0.15, 0.2) is 0 Å². The SMILES string of the molecule is O=C([C@H]1CC(=O)N(c2ccccc2Cl)C1)N1CCCNCC1. The molecule has 0 aliphatic carbocycles. The molecule has 5 nitrogen and oxygen atoms in total. The van der Waals surface area contributed by atoms with E-state index in [9.17, 15) is 9.59 Å². The third-order valence-electron chi connectivity index (χ3n) is 4.27. The largest absolute Gasteiger partial charge is 0.341 e. The number of carbonyl (C=O) groups is 2. The highest BCUT2D eigenvalue weighted by molar-refractivity contribution is 6.33. The summed E-state index contributed by atoms with van der Waals surface area (Å²) in [5, 5.41) is 3.83. The monoisotopic (exact) mass is 321 g/mol. The highest BCUT2D eigenvalue weighted by Gasteiger charge is 2.37. The molecule has 1 atom stereocenters. The molecule has 1 N–H and O–H groups in total. The standard InChI is InChI=1S/C16H20ClN3O2/c17-13-4-1-2-5-14(13)20-11-12(10-15(20)21)16(22)19-8-3-6-18-7-9-19/h1-2,4-5,12,18H,3,6-11H2/t12-/m0/s1. The molecule has 2 aliphatic rings. The first-order valence-corrected chi connectivity index (χ1v) is 8.09. The van der Waals surface area contributed by atoms with E-state index >= 15 is 0 Å². The number of para-hydroxylation sites is 1. The van der Waals surface area contributed by atoms with Crippen molar-refractivity contribution in [2.75, 3.05) is 37.6 Å². The van der Waals surface area contributed by atoms with Crippen molar-refractivity contribution >= 4 is 29.1 Å². The molecule has 1 aromatic carbocycles. The highest BCUT2D eigenvalue weighted by atomic mass is 35.5. The summed E-state index contributed by atoms with van der Waals surface area (Å²) in [6.45, 7) is 3.67. The summed E-state index contributed by atoms with van der Waals surface area (Å²) < 4.78 is 0. The van der Waals surface area contributed by atoms with Gasteiger partial charge in [0.05, 0.1) is 16.6 Å². The Morgan fingerprint density at radius 2 is 2.05 bits per heavy atom. The molecule has 0 aromatic heterocycles. The average Bonchev–Trinajstić information content (AvgIpc) is 2.74. The summed E-state index contributed by atoms with van der Waals surface area (Å²) in [5.74, 6) is -0.201. The molecule has 2 fully saturated rings. The van der Waals surface area contributed by atoms with E-state index in [-0.39, 0.29) is 24.2 Å². The van der Waals surface area contributed by atoms with Crippen LogP contribution in [0.3, 0.4) is 0 Å². The Morgan fingerprint density at radius 3 is 2.86 bits per heavy atom. The van der Waals surface area contributed by atoms with E-state index in [1.807, 2.05) is 23.1 Å². The predicted molar refractivity (Wildman–Crippen MR) is 86.0 cm³/mol. The van der Waals surface area contributed by atoms with Crippen LogP contribution in [0.5, 0.6) is 0 Å². The lowest BCUT2D eigenvalue weighted by Crippen LogP contribution is -2.39. The van der Waals surface area contributed by atoms with Crippen LogP contribution in [0.4, 0.5) is 5.69 Å². The fraction of sp³-hybridized carbons (Fsp3) is 0.500. The van der Waals surface area contributed by atoms with Gasteiger partial charge in [-0.3, -0.25) is 9.59 Å². The van der Waals surface area contributed by atoms with Gasteiger partial charge in [-0.15, -0.1) is 0 Å². The van der Waals surface area contributed by atoms with Gasteiger partial charge in [-0.2, -0.15) is 0 Å². The molecule has 0 unspecified atom stereocenters. The van der Waals surface area contributed by atoms with Crippen molar-refractivity contribution in [3.05, 3.63) is 29.3 Å². The summed E-state index contributed by atoms with van der Waals surface area (Å²) in [6.07, 6.45) is 1.23. The van der Waals surface area contributed by atoms with E-state index in [1.165, 1.54) is 0 Å². The minimum absolute atomic E-state index is 0.0283. The van der Waals surface area contributed by atoms with E-state index in [4.69, 9.17) is 11.6 Å². The van der Waals surface area contributed by atoms with Gasteiger partial charge < -0.3 is 15.1 Å². The van der Waals surface area contributed by atoms with Crippen LogP contribution in [0, 0.1) is 5.92 Å². The van der Waals surface area contributed by atoms with Gasteiger partial charge in [0.2, 0.25) is 11.8 Å². The summed E-state index contributed by atoms with van der Waals surface area (Å²) in [4.78, 5) is 28.4. The van der Waals surface area contributed by atoms with Gasteiger partial charge >= 0.3 is 0 Å². The molecule has 3 rings (SSSR count). The van der Waals surface area contributed by atoms with Crippen LogP contribution in [0.2, 0.25) is 5.02 Å². The van der Waals surface area contributed by atoms with Crippen molar-refractivity contribution in [1.29, 1.82) is 0 Å². The van der Waals surface area contributed by atoms with Crippen LogP contribution in [-0.4, -0.2) is 49.4 Å². The van der Waals surface area contributed by atoms with Crippen LogP contribution in [-0.2, 0) is 9.59 Å². The third-order valence-corrected chi connectivity index (χ3v) is 4.59. The zero-order chi connectivity index (χ0) is 15.5. The molecule has 0 spiro atoms. The van der Waals surface area contributed by atoms with E-state index in [0.29, 0.717) is 17.3 Å². The molecule has 1 aromatic rings. The van der Waals surface area contributed by atoms with Gasteiger partial charge in [0.1, 0.15) is 0 Å². The molecule has 0 bridgehead atoms. The molecule has 6 heteroatoms. The lowest BCUT2D eigenvalue weighted by atomic mass is 10.1. The van der Waals surface area contributed by atoms with E-state index < -0.39 is 0 Å². The molecule has 22 heavy (non-hydrogen) atoms. The van der Waals surface area contributed by atoms with E-state index in [2.05, 4.69) is 5.32 Å². The predicted octanol–water partition coefficient (Wildman–Crippen LogP) is 1.51. The fourth-order valence-electron chi connectivity index (χ4n) is 3.10. The van der Waals surface area contributed by atoms with Crippen LogP contribution < -0.4 is 10.2 Å². The Balaban J connectivity index is 1.71. The minimum Gasteiger partial charge on any atom is -0.341 e. The Labute approximate surface area is 135 Å². The van der Waals surface area contributed by atoms with E-state index in [1.54, 1.807) is 11.0 Å². The smallest absolute Gasteiger partial charge is 0.228 e. The first-order chi connectivity index (χ1) is 10.7. The number of nitrogens with zero attached hydrogens (tertiary/aromatic N) is 2. The number of benzene rings is 1. The first kappa shape index (κ1) is 15.3.